The highest BCUT2D eigenvalue weighted by Crippen LogP contribution is 2.23. The maximum atomic E-state index is 12.1. The minimum absolute atomic E-state index is 0.0120. The van der Waals surface area contributed by atoms with Crippen molar-refractivity contribution in [1.82, 2.24) is 9.80 Å². The van der Waals surface area contributed by atoms with Gasteiger partial charge in [0.25, 0.3) is 0 Å². The zero-order valence-corrected chi connectivity index (χ0v) is 9.71. The minimum atomic E-state index is -0.841. The molecule has 0 aromatic rings. The molecule has 2 rings (SSSR count). The van der Waals surface area contributed by atoms with Crippen LogP contribution in [0, 0.1) is 5.92 Å². The second kappa shape index (κ2) is 4.91. The van der Waals surface area contributed by atoms with Gasteiger partial charge >= 0.3 is 12.0 Å². The first-order valence-electron chi connectivity index (χ1n) is 6.02. The van der Waals surface area contributed by atoms with Gasteiger partial charge in [0.05, 0.1) is 18.6 Å². The second-order valence-corrected chi connectivity index (χ2v) is 4.75. The van der Waals surface area contributed by atoms with Crippen LogP contribution < -0.4 is 0 Å². The van der Waals surface area contributed by atoms with E-state index in [1.165, 1.54) is 0 Å². The Morgan fingerprint density at radius 1 is 1.24 bits per heavy atom. The summed E-state index contributed by atoms with van der Waals surface area (Å²) in [4.78, 5) is 26.0. The first kappa shape index (κ1) is 12.2. The molecule has 2 amide bonds. The number of piperidine rings is 1. The normalized spacial score (nSPS) is 25.6. The van der Waals surface area contributed by atoms with E-state index in [0.717, 1.165) is 19.3 Å². The molecule has 2 aliphatic rings. The fraction of sp³-hybridized carbons (Fsp3) is 0.818. The maximum Gasteiger partial charge on any atom is 0.320 e. The van der Waals surface area contributed by atoms with Crippen molar-refractivity contribution in [2.45, 2.75) is 25.3 Å². The lowest BCUT2D eigenvalue weighted by atomic mass is 9.99. The SMILES string of the molecule is O=C(O)C1CN(C(=O)N2CCCCC2CO)C1. The summed E-state index contributed by atoms with van der Waals surface area (Å²) in [7, 11) is 0. The van der Waals surface area contributed by atoms with Crippen molar-refractivity contribution in [3.8, 4) is 0 Å². The Morgan fingerprint density at radius 2 is 1.94 bits per heavy atom. The molecule has 0 bridgehead atoms. The van der Waals surface area contributed by atoms with E-state index < -0.39 is 11.9 Å². The molecule has 2 saturated heterocycles. The molecule has 1 atom stereocenters. The highest BCUT2D eigenvalue weighted by atomic mass is 16.4. The summed E-state index contributed by atoms with van der Waals surface area (Å²) in [6.45, 7) is 1.24. The number of hydrogen-bond acceptors (Lipinski definition) is 3. The van der Waals surface area contributed by atoms with Crippen molar-refractivity contribution in [2.24, 2.45) is 5.92 Å². The lowest BCUT2D eigenvalue weighted by Crippen LogP contribution is -2.60. The molecule has 0 aromatic carbocycles. The number of amides is 2. The number of aliphatic hydroxyl groups excluding tert-OH is 1. The van der Waals surface area contributed by atoms with Crippen LogP contribution in [0.1, 0.15) is 19.3 Å². The van der Waals surface area contributed by atoms with E-state index in [-0.39, 0.29) is 18.7 Å². The third kappa shape index (κ3) is 2.36. The molecular formula is C11H18N2O4. The fourth-order valence-electron chi connectivity index (χ4n) is 2.41. The summed E-state index contributed by atoms with van der Waals surface area (Å²) in [6.07, 6.45) is 2.82. The summed E-state index contributed by atoms with van der Waals surface area (Å²) in [6, 6.07) is -0.221. The van der Waals surface area contributed by atoms with Crippen LogP contribution >= 0.6 is 0 Å². The average Bonchev–Trinajstić information content (AvgIpc) is 2.26. The Hall–Kier alpha value is -1.30. The second-order valence-electron chi connectivity index (χ2n) is 4.75. The van der Waals surface area contributed by atoms with Crippen LogP contribution in [0.15, 0.2) is 0 Å². The Morgan fingerprint density at radius 3 is 2.53 bits per heavy atom. The smallest absolute Gasteiger partial charge is 0.320 e. The van der Waals surface area contributed by atoms with E-state index in [9.17, 15) is 14.7 Å². The number of rotatable bonds is 2. The van der Waals surface area contributed by atoms with Crippen molar-refractivity contribution >= 4 is 12.0 Å². The van der Waals surface area contributed by atoms with Crippen LogP contribution in [0.5, 0.6) is 0 Å². The Bertz CT molecular complexity index is 315. The molecule has 0 saturated carbocycles. The Kier molecular flexibility index (Phi) is 3.51. The topological polar surface area (TPSA) is 81.1 Å². The van der Waals surface area contributed by atoms with Crippen LogP contribution in [0.25, 0.3) is 0 Å². The zero-order valence-electron chi connectivity index (χ0n) is 9.71. The predicted molar refractivity (Wildman–Crippen MR) is 59.5 cm³/mol. The van der Waals surface area contributed by atoms with Gasteiger partial charge in [-0.2, -0.15) is 0 Å². The van der Waals surface area contributed by atoms with Gasteiger partial charge in [0.2, 0.25) is 0 Å². The van der Waals surface area contributed by atoms with E-state index >= 15 is 0 Å². The lowest BCUT2D eigenvalue weighted by Gasteiger charge is -2.43. The molecule has 17 heavy (non-hydrogen) atoms. The van der Waals surface area contributed by atoms with E-state index in [2.05, 4.69) is 0 Å². The first-order valence-corrected chi connectivity index (χ1v) is 6.02. The molecular weight excluding hydrogens is 224 g/mol. The standard InChI is InChI=1S/C11H18N2O4/c14-7-9-3-1-2-4-13(9)11(17)12-5-8(6-12)10(15)16/h8-9,14H,1-7H2,(H,15,16). The average molecular weight is 242 g/mol. The van der Waals surface area contributed by atoms with Gasteiger partial charge in [0, 0.05) is 19.6 Å². The molecule has 2 aliphatic heterocycles. The van der Waals surface area contributed by atoms with E-state index in [0.29, 0.717) is 19.6 Å². The number of aliphatic carboxylic acids is 1. The van der Waals surface area contributed by atoms with Crippen LogP contribution in [-0.4, -0.2) is 64.3 Å². The highest BCUT2D eigenvalue weighted by molar-refractivity contribution is 5.80. The third-order valence-electron chi connectivity index (χ3n) is 3.58. The monoisotopic (exact) mass is 242 g/mol. The Labute approximate surface area is 99.8 Å². The molecule has 0 aliphatic carbocycles. The first-order chi connectivity index (χ1) is 8.13. The number of carboxylic acid groups (broad SMARTS) is 1. The molecule has 0 spiro atoms. The molecule has 96 valence electrons. The summed E-state index contributed by atoms with van der Waals surface area (Å²) in [5.41, 5.74) is 0. The van der Waals surface area contributed by atoms with Crippen molar-refractivity contribution in [1.29, 1.82) is 0 Å². The number of hydrogen-bond donors (Lipinski definition) is 2. The number of nitrogens with zero attached hydrogens (tertiary/aromatic N) is 2. The number of carbonyl (C=O) groups excluding carboxylic acids is 1. The van der Waals surface area contributed by atoms with Crippen molar-refractivity contribution < 1.29 is 19.8 Å². The number of carboxylic acids is 1. The van der Waals surface area contributed by atoms with Gasteiger partial charge in [-0.05, 0) is 19.3 Å². The van der Waals surface area contributed by atoms with Crippen LogP contribution in [0.2, 0.25) is 0 Å². The van der Waals surface area contributed by atoms with Gasteiger partial charge in [-0.25, -0.2) is 4.79 Å². The van der Waals surface area contributed by atoms with Gasteiger partial charge in [0.1, 0.15) is 0 Å². The van der Waals surface area contributed by atoms with E-state index in [1.54, 1.807) is 9.80 Å². The van der Waals surface area contributed by atoms with Gasteiger partial charge in [-0.1, -0.05) is 0 Å². The van der Waals surface area contributed by atoms with Gasteiger partial charge in [-0.15, -0.1) is 0 Å². The van der Waals surface area contributed by atoms with Crippen molar-refractivity contribution in [2.75, 3.05) is 26.2 Å². The summed E-state index contributed by atoms with van der Waals surface area (Å²) >= 11 is 0. The molecule has 1 unspecified atom stereocenters. The van der Waals surface area contributed by atoms with Gasteiger partial charge < -0.3 is 20.0 Å². The van der Waals surface area contributed by atoms with Crippen LogP contribution in [0.3, 0.4) is 0 Å². The molecule has 2 N–H and O–H groups in total. The summed E-state index contributed by atoms with van der Waals surface area (Å²) < 4.78 is 0. The summed E-state index contributed by atoms with van der Waals surface area (Å²) in [5, 5.41) is 18.0. The fourth-order valence-corrected chi connectivity index (χ4v) is 2.41. The molecule has 0 aromatic heterocycles. The summed E-state index contributed by atoms with van der Waals surface area (Å²) in [5.74, 6) is -1.26. The number of likely N-dealkylation sites (tertiary alicyclic amines) is 2. The minimum Gasteiger partial charge on any atom is -0.481 e. The van der Waals surface area contributed by atoms with Crippen molar-refractivity contribution in [3.05, 3.63) is 0 Å². The quantitative estimate of drug-likeness (QED) is 0.712. The number of urea groups is 1. The molecule has 2 heterocycles. The van der Waals surface area contributed by atoms with E-state index in [4.69, 9.17) is 5.11 Å². The number of aliphatic hydroxyl groups is 1. The Balaban J connectivity index is 1.89. The van der Waals surface area contributed by atoms with Crippen LogP contribution in [-0.2, 0) is 4.79 Å². The molecule has 6 heteroatoms. The largest absolute Gasteiger partial charge is 0.481 e. The molecule has 2 fully saturated rings. The molecule has 6 nitrogen and oxygen atoms in total. The maximum absolute atomic E-state index is 12.1. The molecule has 0 radical (unpaired) electrons. The number of carbonyl (C=O) groups is 2. The van der Waals surface area contributed by atoms with Crippen molar-refractivity contribution in [3.63, 3.8) is 0 Å². The van der Waals surface area contributed by atoms with Crippen LogP contribution in [0.4, 0.5) is 4.79 Å². The van der Waals surface area contributed by atoms with E-state index in [1.807, 2.05) is 0 Å². The zero-order chi connectivity index (χ0) is 12.4. The highest BCUT2D eigenvalue weighted by Gasteiger charge is 2.39. The third-order valence-corrected chi connectivity index (χ3v) is 3.58. The van der Waals surface area contributed by atoms with Gasteiger partial charge in [0.15, 0.2) is 0 Å². The predicted octanol–water partition coefficient (Wildman–Crippen LogP) is -0.0304. The lowest BCUT2D eigenvalue weighted by molar-refractivity contribution is -0.146. The van der Waals surface area contributed by atoms with Gasteiger partial charge in [-0.3, -0.25) is 4.79 Å².